The summed E-state index contributed by atoms with van der Waals surface area (Å²) in [5.41, 5.74) is 3.71. The molecule has 2 aromatic carbocycles. The minimum atomic E-state index is 0.994. The van der Waals surface area contributed by atoms with Crippen LogP contribution in [0.2, 0.25) is 0 Å². The quantitative estimate of drug-likeness (QED) is 0.670. The zero-order chi connectivity index (χ0) is 14.1. The van der Waals surface area contributed by atoms with Gasteiger partial charge in [0.25, 0.3) is 0 Å². The number of anilines is 2. The Morgan fingerprint density at radius 2 is 1.60 bits per heavy atom. The SMILES string of the molecule is Cc1cc(C)cc(N(C)c2nccc3ccccc23)c1. The van der Waals surface area contributed by atoms with Gasteiger partial charge < -0.3 is 4.90 Å². The minimum Gasteiger partial charge on any atom is -0.329 e. The highest BCUT2D eigenvalue weighted by Gasteiger charge is 2.09. The molecule has 3 aromatic rings. The lowest BCUT2D eigenvalue weighted by Gasteiger charge is -2.21. The van der Waals surface area contributed by atoms with Crippen LogP contribution in [0.1, 0.15) is 11.1 Å². The Kier molecular flexibility index (Phi) is 3.15. The van der Waals surface area contributed by atoms with E-state index in [2.05, 4.69) is 73.2 Å². The smallest absolute Gasteiger partial charge is 0.140 e. The van der Waals surface area contributed by atoms with Gasteiger partial charge in [-0.05, 0) is 48.6 Å². The number of aromatic nitrogens is 1. The molecule has 0 spiro atoms. The standard InChI is InChI=1S/C18H18N2/c1-13-10-14(2)12-16(11-13)20(3)18-17-7-5-4-6-15(17)8-9-19-18/h4-12H,1-3H3. The molecule has 1 aromatic heterocycles. The van der Waals surface area contributed by atoms with Gasteiger partial charge in [-0.15, -0.1) is 0 Å². The van der Waals surface area contributed by atoms with Crippen LogP contribution in [-0.2, 0) is 0 Å². The molecular weight excluding hydrogens is 244 g/mol. The van der Waals surface area contributed by atoms with Crippen LogP contribution < -0.4 is 4.90 Å². The van der Waals surface area contributed by atoms with Gasteiger partial charge in [-0.2, -0.15) is 0 Å². The first kappa shape index (κ1) is 12.7. The van der Waals surface area contributed by atoms with Crippen LogP contribution in [0.4, 0.5) is 11.5 Å². The molecule has 0 saturated heterocycles. The molecule has 0 N–H and O–H groups in total. The summed E-state index contributed by atoms with van der Waals surface area (Å²) in [7, 11) is 2.07. The van der Waals surface area contributed by atoms with E-state index in [0.29, 0.717) is 0 Å². The third-order valence-corrected chi connectivity index (χ3v) is 3.56. The predicted molar refractivity (Wildman–Crippen MR) is 85.7 cm³/mol. The molecule has 0 amide bonds. The molecule has 0 aliphatic heterocycles. The Morgan fingerprint density at radius 3 is 2.35 bits per heavy atom. The number of hydrogen-bond donors (Lipinski definition) is 0. The first-order chi connectivity index (χ1) is 9.65. The van der Waals surface area contributed by atoms with E-state index in [-0.39, 0.29) is 0 Å². The van der Waals surface area contributed by atoms with Gasteiger partial charge in [0.05, 0.1) is 0 Å². The maximum Gasteiger partial charge on any atom is 0.140 e. The summed E-state index contributed by atoms with van der Waals surface area (Å²) >= 11 is 0. The fourth-order valence-electron chi connectivity index (χ4n) is 2.64. The molecule has 0 aliphatic carbocycles. The van der Waals surface area contributed by atoms with Crippen molar-refractivity contribution in [1.82, 2.24) is 4.98 Å². The molecule has 0 unspecified atom stereocenters. The van der Waals surface area contributed by atoms with Gasteiger partial charge in [-0.3, -0.25) is 0 Å². The summed E-state index contributed by atoms with van der Waals surface area (Å²) in [6.45, 7) is 4.25. The molecular formula is C18H18N2. The molecule has 0 atom stereocenters. The highest BCUT2D eigenvalue weighted by molar-refractivity contribution is 5.93. The van der Waals surface area contributed by atoms with Gasteiger partial charge >= 0.3 is 0 Å². The van der Waals surface area contributed by atoms with Crippen LogP contribution in [0, 0.1) is 13.8 Å². The fraction of sp³-hybridized carbons (Fsp3) is 0.167. The number of hydrogen-bond acceptors (Lipinski definition) is 2. The number of aryl methyl sites for hydroxylation is 2. The Balaban J connectivity index is 2.15. The van der Waals surface area contributed by atoms with E-state index in [9.17, 15) is 0 Å². The van der Waals surface area contributed by atoms with Gasteiger partial charge in [-0.25, -0.2) is 4.98 Å². The summed E-state index contributed by atoms with van der Waals surface area (Å²) in [5, 5.41) is 2.39. The number of fused-ring (bicyclic) bond motifs is 1. The van der Waals surface area contributed by atoms with Gasteiger partial charge in [0.1, 0.15) is 5.82 Å². The number of pyridine rings is 1. The van der Waals surface area contributed by atoms with E-state index in [1.54, 1.807) is 0 Å². The summed E-state index contributed by atoms with van der Waals surface area (Å²) < 4.78 is 0. The lowest BCUT2D eigenvalue weighted by Crippen LogP contribution is -2.12. The van der Waals surface area contributed by atoms with Crippen molar-refractivity contribution in [2.45, 2.75) is 13.8 Å². The Hall–Kier alpha value is -2.35. The van der Waals surface area contributed by atoms with E-state index in [0.717, 1.165) is 5.82 Å². The van der Waals surface area contributed by atoms with E-state index >= 15 is 0 Å². The molecule has 1 heterocycles. The minimum absolute atomic E-state index is 0.994. The third kappa shape index (κ3) is 2.25. The van der Waals surface area contributed by atoms with E-state index in [4.69, 9.17) is 0 Å². The van der Waals surface area contributed by atoms with Crippen LogP contribution in [0.5, 0.6) is 0 Å². The predicted octanol–water partition coefficient (Wildman–Crippen LogP) is 4.62. The van der Waals surface area contributed by atoms with Crippen LogP contribution in [0.15, 0.2) is 54.7 Å². The van der Waals surface area contributed by atoms with Crippen molar-refractivity contribution in [3.05, 3.63) is 65.9 Å². The van der Waals surface area contributed by atoms with Crippen LogP contribution in [0.25, 0.3) is 10.8 Å². The topological polar surface area (TPSA) is 16.1 Å². The Labute approximate surface area is 119 Å². The number of benzene rings is 2. The van der Waals surface area contributed by atoms with Gasteiger partial charge in [-0.1, -0.05) is 30.3 Å². The largest absolute Gasteiger partial charge is 0.329 e. The Morgan fingerprint density at radius 1 is 0.900 bits per heavy atom. The maximum atomic E-state index is 4.57. The first-order valence-electron chi connectivity index (χ1n) is 6.81. The number of rotatable bonds is 2. The first-order valence-corrected chi connectivity index (χ1v) is 6.81. The molecule has 0 bridgehead atoms. The molecule has 2 nitrogen and oxygen atoms in total. The lowest BCUT2D eigenvalue weighted by molar-refractivity contribution is 1.14. The van der Waals surface area contributed by atoms with Gasteiger partial charge in [0, 0.05) is 24.3 Å². The van der Waals surface area contributed by atoms with Crippen LogP contribution in [-0.4, -0.2) is 12.0 Å². The summed E-state index contributed by atoms with van der Waals surface area (Å²) in [5.74, 6) is 0.994. The zero-order valence-corrected chi connectivity index (χ0v) is 12.1. The average molecular weight is 262 g/mol. The lowest BCUT2D eigenvalue weighted by atomic mass is 10.1. The molecule has 20 heavy (non-hydrogen) atoms. The second-order valence-corrected chi connectivity index (χ2v) is 5.26. The molecule has 0 fully saturated rings. The zero-order valence-electron chi connectivity index (χ0n) is 12.1. The molecule has 100 valence electrons. The van der Waals surface area contributed by atoms with Crippen LogP contribution >= 0.6 is 0 Å². The van der Waals surface area contributed by atoms with Crippen molar-refractivity contribution in [2.24, 2.45) is 0 Å². The second-order valence-electron chi connectivity index (χ2n) is 5.26. The van der Waals surface area contributed by atoms with Crippen molar-refractivity contribution >= 4 is 22.3 Å². The van der Waals surface area contributed by atoms with Crippen molar-refractivity contribution in [1.29, 1.82) is 0 Å². The summed E-state index contributed by atoms with van der Waals surface area (Å²) in [6.07, 6.45) is 1.87. The maximum absolute atomic E-state index is 4.57. The van der Waals surface area contributed by atoms with Gasteiger partial charge in [0.2, 0.25) is 0 Å². The molecule has 2 heteroatoms. The molecule has 0 radical (unpaired) electrons. The summed E-state index contributed by atoms with van der Waals surface area (Å²) in [6, 6.07) is 17.0. The highest BCUT2D eigenvalue weighted by Crippen LogP contribution is 2.29. The average Bonchev–Trinajstić information content (AvgIpc) is 2.45. The van der Waals surface area contributed by atoms with E-state index in [1.807, 2.05) is 12.3 Å². The normalized spacial score (nSPS) is 10.8. The fourth-order valence-corrected chi connectivity index (χ4v) is 2.64. The molecule has 3 rings (SSSR count). The number of nitrogens with zero attached hydrogens (tertiary/aromatic N) is 2. The molecule has 0 aliphatic rings. The highest BCUT2D eigenvalue weighted by atomic mass is 15.2. The summed E-state index contributed by atoms with van der Waals surface area (Å²) in [4.78, 5) is 6.72. The van der Waals surface area contributed by atoms with Crippen molar-refractivity contribution < 1.29 is 0 Å². The van der Waals surface area contributed by atoms with Crippen LogP contribution in [0.3, 0.4) is 0 Å². The van der Waals surface area contributed by atoms with Crippen molar-refractivity contribution in [3.8, 4) is 0 Å². The van der Waals surface area contributed by atoms with Gasteiger partial charge in [0.15, 0.2) is 0 Å². The Bertz CT molecular complexity index is 737. The third-order valence-electron chi connectivity index (χ3n) is 3.56. The molecule has 0 saturated carbocycles. The monoisotopic (exact) mass is 262 g/mol. The second kappa shape index (κ2) is 4.97. The van der Waals surface area contributed by atoms with Crippen molar-refractivity contribution in [2.75, 3.05) is 11.9 Å². The van der Waals surface area contributed by atoms with Crippen molar-refractivity contribution in [3.63, 3.8) is 0 Å². The van der Waals surface area contributed by atoms with E-state index < -0.39 is 0 Å². The van der Waals surface area contributed by atoms with E-state index in [1.165, 1.54) is 27.6 Å².